The summed E-state index contributed by atoms with van der Waals surface area (Å²) in [6.07, 6.45) is 5.30. The Hall–Kier alpha value is -2.43. The van der Waals surface area contributed by atoms with Crippen LogP contribution >= 0.6 is 0 Å². The summed E-state index contributed by atoms with van der Waals surface area (Å²) < 4.78 is 2.00. The van der Waals surface area contributed by atoms with Crippen molar-refractivity contribution in [1.29, 1.82) is 0 Å². The maximum absolute atomic E-state index is 12.1. The molecule has 1 aliphatic rings. The molecule has 1 aromatic heterocycles. The molecular formula is C22H29N3O2. The zero-order chi connectivity index (χ0) is 19.6. The summed E-state index contributed by atoms with van der Waals surface area (Å²) in [6, 6.07) is 8.53. The minimum absolute atomic E-state index is 0.0178. The zero-order valence-corrected chi connectivity index (χ0v) is 16.7. The number of carbonyl (C=O) groups is 2. The fourth-order valence-electron chi connectivity index (χ4n) is 3.59. The van der Waals surface area contributed by atoms with Crippen LogP contribution in [0.3, 0.4) is 0 Å². The van der Waals surface area contributed by atoms with E-state index >= 15 is 0 Å². The molecule has 0 saturated heterocycles. The summed E-state index contributed by atoms with van der Waals surface area (Å²) in [4.78, 5) is 23.2. The molecule has 0 aliphatic heterocycles. The summed E-state index contributed by atoms with van der Waals surface area (Å²) in [7, 11) is 0. The molecule has 144 valence electrons. The number of hydrogen-bond donors (Lipinski definition) is 1. The van der Waals surface area contributed by atoms with E-state index in [0.29, 0.717) is 6.42 Å². The van der Waals surface area contributed by atoms with Crippen LogP contribution in [0.1, 0.15) is 76.2 Å². The van der Waals surface area contributed by atoms with Crippen molar-refractivity contribution < 1.29 is 9.59 Å². The number of rotatable bonds is 5. The zero-order valence-electron chi connectivity index (χ0n) is 16.7. The molecule has 1 heterocycles. The SMILES string of the molecule is CC(=O)CCC(=O)N[C@H]1CCCc2c1cnn2-c1ccc(C(C)(C)C)cc1. The van der Waals surface area contributed by atoms with Crippen molar-refractivity contribution in [3.8, 4) is 5.69 Å². The van der Waals surface area contributed by atoms with E-state index in [1.54, 1.807) is 0 Å². The molecular weight excluding hydrogens is 338 g/mol. The molecule has 0 radical (unpaired) electrons. The second kappa shape index (κ2) is 7.67. The molecule has 1 N–H and O–H groups in total. The molecule has 5 heteroatoms. The summed E-state index contributed by atoms with van der Waals surface area (Å²) >= 11 is 0. The van der Waals surface area contributed by atoms with Gasteiger partial charge in [-0.2, -0.15) is 5.10 Å². The smallest absolute Gasteiger partial charge is 0.220 e. The molecule has 0 bridgehead atoms. The first-order valence-corrected chi connectivity index (χ1v) is 9.72. The summed E-state index contributed by atoms with van der Waals surface area (Å²) in [5.41, 5.74) is 4.73. The van der Waals surface area contributed by atoms with Crippen LogP contribution in [0.4, 0.5) is 0 Å². The standard InChI is InChI=1S/C22H29N3O2/c1-15(26)8-13-21(27)24-19-6-5-7-20-18(19)14-23-25(20)17-11-9-16(10-12-17)22(2,3)4/h9-12,14,19H,5-8,13H2,1-4H3,(H,24,27)/t19-/m0/s1. The number of hydrogen-bond acceptors (Lipinski definition) is 3. The Morgan fingerprint density at radius 1 is 1.19 bits per heavy atom. The average molecular weight is 367 g/mol. The predicted molar refractivity (Wildman–Crippen MR) is 106 cm³/mol. The second-order valence-electron chi connectivity index (χ2n) is 8.47. The molecule has 0 fully saturated rings. The lowest BCUT2D eigenvalue weighted by Gasteiger charge is -2.24. The largest absolute Gasteiger partial charge is 0.349 e. The first-order chi connectivity index (χ1) is 12.8. The van der Waals surface area contributed by atoms with Gasteiger partial charge in [-0.25, -0.2) is 4.68 Å². The van der Waals surface area contributed by atoms with E-state index in [1.165, 1.54) is 18.2 Å². The van der Waals surface area contributed by atoms with E-state index in [9.17, 15) is 9.59 Å². The van der Waals surface area contributed by atoms with Crippen molar-refractivity contribution in [2.24, 2.45) is 0 Å². The Balaban J connectivity index is 1.79. The Bertz CT molecular complexity index is 828. The highest BCUT2D eigenvalue weighted by molar-refractivity contribution is 5.83. The van der Waals surface area contributed by atoms with E-state index < -0.39 is 0 Å². The molecule has 5 nitrogen and oxygen atoms in total. The lowest BCUT2D eigenvalue weighted by atomic mass is 9.87. The molecule has 1 atom stereocenters. The number of carbonyl (C=O) groups excluding carboxylic acids is 2. The third-order valence-electron chi connectivity index (χ3n) is 5.20. The van der Waals surface area contributed by atoms with E-state index in [1.807, 2.05) is 10.9 Å². The number of amides is 1. The highest BCUT2D eigenvalue weighted by Gasteiger charge is 2.26. The van der Waals surface area contributed by atoms with Gasteiger partial charge < -0.3 is 10.1 Å². The topological polar surface area (TPSA) is 64.0 Å². The van der Waals surface area contributed by atoms with Gasteiger partial charge in [-0.1, -0.05) is 32.9 Å². The van der Waals surface area contributed by atoms with Crippen molar-refractivity contribution >= 4 is 11.7 Å². The average Bonchev–Trinajstić information content (AvgIpc) is 3.04. The van der Waals surface area contributed by atoms with Crippen LogP contribution < -0.4 is 5.32 Å². The van der Waals surface area contributed by atoms with E-state index in [2.05, 4.69) is 55.5 Å². The molecule has 0 spiro atoms. The molecule has 1 amide bonds. The predicted octanol–water partition coefficient (Wildman–Crippen LogP) is 4.03. The number of nitrogens with one attached hydrogen (secondary N) is 1. The minimum atomic E-state index is -0.0645. The molecule has 2 aromatic rings. The Labute approximate surface area is 161 Å². The van der Waals surface area contributed by atoms with Crippen molar-refractivity contribution in [2.75, 3.05) is 0 Å². The molecule has 27 heavy (non-hydrogen) atoms. The monoisotopic (exact) mass is 367 g/mol. The Morgan fingerprint density at radius 3 is 2.52 bits per heavy atom. The summed E-state index contributed by atoms with van der Waals surface area (Å²) in [5.74, 6) is -0.0219. The van der Waals surface area contributed by atoms with Crippen molar-refractivity contribution in [3.05, 3.63) is 47.3 Å². The van der Waals surface area contributed by atoms with E-state index in [4.69, 9.17) is 0 Å². The van der Waals surface area contributed by atoms with Gasteiger partial charge in [0, 0.05) is 24.1 Å². The second-order valence-corrected chi connectivity index (χ2v) is 8.47. The van der Waals surface area contributed by atoms with Gasteiger partial charge in [0.2, 0.25) is 5.91 Å². The lowest BCUT2D eigenvalue weighted by Crippen LogP contribution is -2.31. The molecule has 1 aromatic carbocycles. The number of Topliss-reactive ketones (excluding diaryl/α,β-unsaturated/α-hetero) is 1. The van der Waals surface area contributed by atoms with Gasteiger partial charge in [0.1, 0.15) is 5.78 Å². The van der Waals surface area contributed by atoms with Crippen molar-refractivity contribution in [1.82, 2.24) is 15.1 Å². The quantitative estimate of drug-likeness (QED) is 0.868. The van der Waals surface area contributed by atoms with Crippen LogP contribution in [0.25, 0.3) is 5.69 Å². The number of fused-ring (bicyclic) bond motifs is 1. The molecule has 0 saturated carbocycles. The number of aromatic nitrogens is 2. The Morgan fingerprint density at radius 2 is 1.89 bits per heavy atom. The summed E-state index contributed by atoms with van der Waals surface area (Å²) in [6.45, 7) is 8.13. The number of benzene rings is 1. The van der Waals surface area contributed by atoms with Crippen LogP contribution in [0.2, 0.25) is 0 Å². The van der Waals surface area contributed by atoms with E-state index in [0.717, 1.165) is 30.5 Å². The van der Waals surface area contributed by atoms with Crippen molar-refractivity contribution in [3.63, 3.8) is 0 Å². The molecule has 0 unspecified atom stereocenters. The third-order valence-corrected chi connectivity index (χ3v) is 5.20. The maximum Gasteiger partial charge on any atom is 0.220 e. The summed E-state index contributed by atoms with van der Waals surface area (Å²) in [5, 5.41) is 7.68. The minimum Gasteiger partial charge on any atom is -0.349 e. The normalized spacial score (nSPS) is 16.7. The first kappa shape index (κ1) is 19.3. The van der Waals surface area contributed by atoms with Crippen molar-refractivity contribution in [2.45, 2.75) is 71.3 Å². The highest BCUT2D eigenvalue weighted by Crippen LogP contribution is 2.31. The van der Waals surface area contributed by atoms with Crippen LogP contribution in [0, 0.1) is 0 Å². The molecule has 3 rings (SSSR count). The van der Waals surface area contributed by atoms with Gasteiger partial charge in [-0.05, 0) is 49.3 Å². The van der Waals surface area contributed by atoms with Gasteiger partial charge >= 0.3 is 0 Å². The van der Waals surface area contributed by atoms with Crippen LogP contribution in [0.15, 0.2) is 30.5 Å². The van der Waals surface area contributed by atoms with Gasteiger partial charge in [0.05, 0.1) is 17.9 Å². The van der Waals surface area contributed by atoms with Gasteiger partial charge in [-0.15, -0.1) is 0 Å². The van der Waals surface area contributed by atoms with Gasteiger partial charge in [0.15, 0.2) is 0 Å². The number of ketones is 1. The molecule has 1 aliphatic carbocycles. The Kier molecular flexibility index (Phi) is 5.49. The van der Waals surface area contributed by atoms with Crippen LogP contribution in [-0.2, 0) is 21.4 Å². The van der Waals surface area contributed by atoms with Gasteiger partial charge in [-0.3, -0.25) is 4.79 Å². The first-order valence-electron chi connectivity index (χ1n) is 9.72. The van der Waals surface area contributed by atoms with E-state index in [-0.39, 0.29) is 29.6 Å². The maximum atomic E-state index is 12.1. The van der Waals surface area contributed by atoms with Gasteiger partial charge in [0.25, 0.3) is 0 Å². The third kappa shape index (κ3) is 4.46. The fraction of sp³-hybridized carbons (Fsp3) is 0.500. The van der Waals surface area contributed by atoms with Crippen LogP contribution in [-0.4, -0.2) is 21.5 Å². The lowest BCUT2D eigenvalue weighted by molar-refractivity contribution is -0.125. The fourth-order valence-corrected chi connectivity index (χ4v) is 3.59. The van der Waals surface area contributed by atoms with Crippen LogP contribution in [0.5, 0.6) is 0 Å². The highest BCUT2D eigenvalue weighted by atomic mass is 16.2. The number of nitrogens with zero attached hydrogens (tertiary/aromatic N) is 2.